The van der Waals surface area contributed by atoms with Crippen molar-refractivity contribution in [3.8, 4) is 90.3 Å². The van der Waals surface area contributed by atoms with Crippen LogP contribution in [0.5, 0.6) is 0 Å². The summed E-state index contributed by atoms with van der Waals surface area (Å²) in [5.41, 5.74) is -22.9. The lowest BCUT2D eigenvalue weighted by Gasteiger charge is -2.20. The summed E-state index contributed by atoms with van der Waals surface area (Å²) in [5, 5.41) is 20.5. The number of hydrogen-bond donors (Lipinski definition) is 0. The summed E-state index contributed by atoms with van der Waals surface area (Å²) in [4.78, 5) is 0. The molecule has 0 saturated carbocycles. The summed E-state index contributed by atoms with van der Waals surface area (Å²) in [5.74, 6) is 0. The van der Waals surface area contributed by atoms with Crippen molar-refractivity contribution >= 4 is 43.6 Å². The first kappa shape index (κ1) is 74.4. The molecule has 0 aliphatic heterocycles. The van der Waals surface area contributed by atoms with Gasteiger partial charge in [-0.2, -0.15) is 129 Å². The van der Waals surface area contributed by atoms with Crippen LogP contribution >= 0.6 is 0 Å². The van der Waals surface area contributed by atoms with E-state index in [1.807, 2.05) is 6.07 Å². The zero-order valence-electron chi connectivity index (χ0n) is 53.0. The number of nitriles is 2. The molecule has 0 radical (unpaired) electrons. The maximum atomic E-state index is 14.5. The smallest absolute Gasteiger partial charge is 0.309 e. The number of benzene rings is 11. The van der Waals surface area contributed by atoms with Gasteiger partial charge >= 0.3 is 55.6 Å². The Morgan fingerprint density at radius 2 is 0.509 bits per heavy atom. The standard InChI is InChI=1S/C77H33F27N4/c78-69(79,80)46-6-8-56(45(24-46)35-106)57-9-7-55(107-64-11-2-37(41-16-47(70(81,82)83)29-48(17-41)71(84,85)86)25-60(64)61-26-38(3-12-65(61)107)42-18-49(72(87,88)89)30-50(19-42)73(90,91)92)33-58(57)59-15-36(34-105)1-10-66(59)108-67-13-4-39(43-20-51(74(93,94)95)31-52(21-43)75(96,97)98)27-62(67)63-28-40(5-14-68(63)108)44-22-53(76(99,100)101)32-54(23-44)77(102,103)104/h1-33H. The Balaban J connectivity index is 1.13. The van der Waals surface area contributed by atoms with Gasteiger partial charge in [-0.3, -0.25) is 0 Å². The minimum atomic E-state index is -5.41. The van der Waals surface area contributed by atoms with E-state index in [-0.39, 0.29) is 107 Å². The number of alkyl halides is 27. The maximum Gasteiger partial charge on any atom is 0.416 e. The molecular formula is C77H33F27N4. The molecule has 550 valence electrons. The molecule has 0 saturated heterocycles. The van der Waals surface area contributed by atoms with E-state index < -0.39 is 156 Å². The number of rotatable bonds is 8. The van der Waals surface area contributed by atoms with Gasteiger partial charge in [-0.15, -0.1) is 0 Å². The van der Waals surface area contributed by atoms with Crippen LogP contribution in [0, 0.1) is 22.7 Å². The predicted octanol–water partition coefficient (Wildman–Crippen LogP) is 26.8. The molecule has 11 aromatic carbocycles. The fourth-order valence-corrected chi connectivity index (χ4v) is 13.0. The highest BCUT2D eigenvalue weighted by atomic mass is 19.4. The van der Waals surface area contributed by atoms with Gasteiger partial charge in [0, 0.05) is 38.4 Å². The topological polar surface area (TPSA) is 57.4 Å². The van der Waals surface area contributed by atoms with E-state index in [4.69, 9.17) is 0 Å². The molecule has 31 heteroatoms. The van der Waals surface area contributed by atoms with E-state index in [1.165, 1.54) is 39.5 Å². The monoisotopic (exact) mass is 1530 g/mol. The molecule has 13 rings (SSSR count). The third-order valence-corrected chi connectivity index (χ3v) is 17.9. The molecule has 0 aliphatic rings. The van der Waals surface area contributed by atoms with Gasteiger partial charge in [-0.25, -0.2) is 0 Å². The molecule has 0 fully saturated rings. The fraction of sp³-hybridized carbons (Fsp3) is 0.117. The summed E-state index contributed by atoms with van der Waals surface area (Å²) in [6, 6.07) is 27.9. The second kappa shape index (κ2) is 25.4. The molecule has 2 aromatic heterocycles. The van der Waals surface area contributed by atoms with Gasteiger partial charge in [0.25, 0.3) is 0 Å². The highest BCUT2D eigenvalue weighted by Crippen LogP contribution is 2.50. The van der Waals surface area contributed by atoms with Crippen LogP contribution in [-0.2, 0) is 55.6 Å². The first-order valence-corrected chi connectivity index (χ1v) is 30.7. The van der Waals surface area contributed by atoms with Crippen molar-refractivity contribution in [2.75, 3.05) is 0 Å². The van der Waals surface area contributed by atoms with Crippen LogP contribution in [-0.4, -0.2) is 9.13 Å². The summed E-state index contributed by atoms with van der Waals surface area (Å²) >= 11 is 0. The minimum absolute atomic E-state index is 0.105. The van der Waals surface area contributed by atoms with Crippen molar-refractivity contribution in [1.29, 1.82) is 10.5 Å². The molecule has 0 unspecified atom stereocenters. The SMILES string of the molecule is N#Cc1ccc(-n2c3ccc(-c4cc(C(F)(F)F)cc(C(F)(F)F)c4)cc3c3cc(-c4cc(C(F)(F)F)cc(C(F)(F)F)c4)ccc32)c(-c2cc(-n3c4ccc(-c5cc(C(F)(F)F)cc(C(F)(F)F)c5)cc4c4cc(-c5cc(C(F)(F)F)cc(C(F)(F)F)c5)ccc43)ccc2-c2ccc(C(F)(F)F)cc2C#N)c1. The van der Waals surface area contributed by atoms with Gasteiger partial charge in [0.05, 0.1) is 101 Å². The molecule has 0 aliphatic carbocycles. The summed E-state index contributed by atoms with van der Waals surface area (Å²) < 4.78 is 392. The Labute approximate surface area is 587 Å². The van der Waals surface area contributed by atoms with Crippen molar-refractivity contribution in [2.45, 2.75) is 55.6 Å². The Hall–Kier alpha value is -11.9. The second-order valence-electron chi connectivity index (χ2n) is 24.7. The Morgan fingerprint density at radius 3 is 0.796 bits per heavy atom. The van der Waals surface area contributed by atoms with E-state index in [0.29, 0.717) is 60.7 Å². The fourth-order valence-electron chi connectivity index (χ4n) is 13.0. The molecular weight excluding hydrogens is 1490 g/mol. The number of nitrogens with zero attached hydrogens (tertiary/aromatic N) is 4. The molecule has 0 spiro atoms. The van der Waals surface area contributed by atoms with Crippen molar-refractivity contribution in [2.24, 2.45) is 0 Å². The third kappa shape index (κ3) is 14.0. The molecule has 2 heterocycles. The number of aromatic nitrogens is 2. The molecule has 13 aromatic rings. The lowest BCUT2D eigenvalue weighted by molar-refractivity contribution is -0.144. The lowest BCUT2D eigenvalue weighted by atomic mass is 9.89. The first-order chi connectivity index (χ1) is 50.1. The quantitative estimate of drug-likeness (QED) is 0.142. The number of hydrogen-bond acceptors (Lipinski definition) is 2. The van der Waals surface area contributed by atoms with E-state index in [9.17, 15) is 129 Å². The molecule has 0 amide bonds. The Morgan fingerprint density at radius 1 is 0.213 bits per heavy atom. The van der Waals surface area contributed by atoms with Gasteiger partial charge in [0.1, 0.15) is 0 Å². The molecule has 0 atom stereocenters. The van der Waals surface area contributed by atoms with Crippen LogP contribution in [0.4, 0.5) is 119 Å². The summed E-state index contributed by atoms with van der Waals surface area (Å²) in [6.45, 7) is 0. The van der Waals surface area contributed by atoms with Crippen molar-refractivity contribution < 1.29 is 119 Å². The van der Waals surface area contributed by atoms with E-state index >= 15 is 0 Å². The van der Waals surface area contributed by atoms with Crippen LogP contribution in [0.25, 0.3) is 122 Å². The Bertz CT molecular complexity index is 5550. The van der Waals surface area contributed by atoms with E-state index in [0.717, 1.165) is 84.9 Å². The molecule has 0 N–H and O–H groups in total. The zero-order chi connectivity index (χ0) is 78.5. The van der Waals surface area contributed by atoms with Crippen LogP contribution in [0.2, 0.25) is 0 Å². The van der Waals surface area contributed by atoms with Crippen molar-refractivity contribution in [3.63, 3.8) is 0 Å². The second-order valence-corrected chi connectivity index (χ2v) is 24.7. The third-order valence-electron chi connectivity index (χ3n) is 17.9. The minimum Gasteiger partial charge on any atom is -0.309 e. The summed E-state index contributed by atoms with van der Waals surface area (Å²) in [7, 11) is 0. The molecule has 4 nitrogen and oxygen atoms in total. The Kier molecular flexibility index (Phi) is 17.5. The largest absolute Gasteiger partial charge is 0.416 e. The maximum absolute atomic E-state index is 14.5. The van der Waals surface area contributed by atoms with Crippen molar-refractivity contribution in [3.05, 3.63) is 261 Å². The van der Waals surface area contributed by atoms with Crippen LogP contribution < -0.4 is 0 Å². The highest BCUT2D eigenvalue weighted by molar-refractivity contribution is 6.14. The van der Waals surface area contributed by atoms with Gasteiger partial charge in [-0.1, -0.05) is 36.4 Å². The first-order valence-electron chi connectivity index (χ1n) is 30.7. The van der Waals surface area contributed by atoms with Crippen LogP contribution in [0.15, 0.2) is 200 Å². The molecule has 0 bridgehead atoms. The lowest BCUT2D eigenvalue weighted by Crippen LogP contribution is -2.11. The van der Waals surface area contributed by atoms with Gasteiger partial charge in [-0.05, 0) is 219 Å². The normalized spacial score (nSPS) is 13.1. The number of fused-ring (bicyclic) bond motifs is 6. The van der Waals surface area contributed by atoms with E-state index in [1.54, 1.807) is 6.07 Å². The molecule has 108 heavy (non-hydrogen) atoms. The van der Waals surface area contributed by atoms with E-state index in [2.05, 4.69) is 0 Å². The highest BCUT2D eigenvalue weighted by Gasteiger charge is 2.42. The predicted molar refractivity (Wildman–Crippen MR) is 342 cm³/mol. The average Bonchev–Trinajstić information content (AvgIpc) is 1.48. The van der Waals surface area contributed by atoms with Gasteiger partial charge in [0.15, 0.2) is 0 Å². The van der Waals surface area contributed by atoms with Gasteiger partial charge in [0.2, 0.25) is 0 Å². The van der Waals surface area contributed by atoms with Crippen LogP contribution in [0.3, 0.4) is 0 Å². The number of halogens is 27. The van der Waals surface area contributed by atoms with Crippen molar-refractivity contribution in [1.82, 2.24) is 9.13 Å². The summed E-state index contributed by atoms with van der Waals surface area (Å²) in [6.07, 6.45) is -48.4. The van der Waals surface area contributed by atoms with Gasteiger partial charge < -0.3 is 9.13 Å². The average molecular weight is 1530 g/mol. The zero-order valence-corrected chi connectivity index (χ0v) is 53.0. The van der Waals surface area contributed by atoms with Crippen LogP contribution in [0.1, 0.15) is 61.2 Å².